The highest BCUT2D eigenvalue weighted by Crippen LogP contribution is 2.53. The maximum atomic E-state index is 7.73. The molecule has 86 valence electrons. The molecule has 4 aliphatic carbocycles. The normalized spacial score (nSPS) is 40.7. The molecule has 15 heavy (non-hydrogen) atoms. The van der Waals surface area contributed by atoms with E-state index >= 15 is 0 Å². The SMILES string of the molecule is C1C2CC3CC1CC(C2)C3.CC(C)=NO. The van der Waals surface area contributed by atoms with Crippen LogP contribution < -0.4 is 0 Å². The molecular weight excluding hydrogens is 186 g/mol. The summed E-state index contributed by atoms with van der Waals surface area (Å²) in [5, 5.41) is 10.5. The van der Waals surface area contributed by atoms with Crippen molar-refractivity contribution in [3.05, 3.63) is 0 Å². The van der Waals surface area contributed by atoms with Crippen LogP contribution in [0.25, 0.3) is 0 Å². The Hall–Kier alpha value is -0.530. The average molecular weight is 209 g/mol. The first-order valence-electron chi connectivity index (χ1n) is 6.32. The molecule has 4 rings (SSSR count). The van der Waals surface area contributed by atoms with Gasteiger partial charge in [0.1, 0.15) is 0 Å². The fourth-order valence-electron chi connectivity index (χ4n) is 3.98. The summed E-state index contributed by atoms with van der Waals surface area (Å²) in [6.45, 7) is 3.44. The Kier molecular flexibility index (Phi) is 3.32. The molecule has 0 unspecified atom stereocenters. The second-order valence-electron chi connectivity index (χ2n) is 5.93. The molecule has 4 aliphatic rings. The number of hydrogen-bond acceptors (Lipinski definition) is 2. The number of oxime groups is 1. The molecule has 0 aromatic rings. The van der Waals surface area contributed by atoms with E-state index in [0.717, 1.165) is 0 Å². The highest BCUT2D eigenvalue weighted by atomic mass is 16.4. The van der Waals surface area contributed by atoms with Gasteiger partial charge in [0.2, 0.25) is 0 Å². The Bertz CT molecular complexity index is 186. The van der Waals surface area contributed by atoms with Gasteiger partial charge in [0, 0.05) is 0 Å². The number of nitrogens with zero attached hydrogens (tertiary/aromatic N) is 1. The summed E-state index contributed by atoms with van der Waals surface area (Å²) in [5.41, 5.74) is 0.685. The van der Waals surface area contributed by atoms with Gasteiger partial charge in [0.05, 0.1) is 5.71 Å². The van der Waals surface area contributed by atoms with Gasteiger partial charge in [-0.2, -0.15) is 0 Å². The molecule has 4 saturated carbocycles. The zero-order valence-electron chi connectivity index (χ0n) is 9.95. The van der Waals surface area contributed by atoms with E-state index in [1.165, 1.54) is 23.7 Å². The maximum absolute atomic E-state index is 7.73. The van der Waals surface area contributed by atoms with Crippen molar-refractivity contribution in [3.63, 3.8) is 0 Å². The molecule has 4 fully saturated rings. The highest BCUT2D eigenvalue weighted by molar-refractivity contribution is 5.78. The Labute approximate surface area is 92.8 Å². The fourth-order valence-corrected chi connectivity index (χ4v) is 3.98. The summed E-state index contributed by atoms with van der Waals surface area (Å²) in [4.78, 5) is 0. The summed E-state index contributed by atoms with van der Waals surface area (Å²) < 4.78 is 0. The molecule has 0 spiro atoms. The van der Waals surface area contributed by atoms with Crippen molar-refractivity contribution in [2.45, 2.75) is 52.4 Å². The van der Waals surface area contributed by atoms with E-state index in [9.17, 15) is 0 Å². The first-order valence-corrected chi connectivity index (χ1v) is 6.32. The van der Waals surface area contributed by atoms with Gasteiger partial charge in [0.25, 0.3) is 0 Å². The first kappa shape index (κ1) is 11.0. The highest BCUT2D eigenvalue weighted by Gasteiger charge is 2.41. The van der Waals surface area contributed by atoms with Gasteiger partial charge in [-0.3, -0.25) is 0 Å². The molecule has 2 nitrogen and oxygen atoms in total. The van der Waals surface area contributed by atoms with Crippen LogP contribution in [-0.4, -0.2) is 10.9 Å². The minimum absolute atomic E-state index is 0.685. The lowest BCUT2D eigenvalue weighted by Crippen LogP contribution is -2.38. The van der Waals surface area contributed by atoms with E-state index in [1.54, 1.807) is 52.4 Å². The van der Waals surface area contributed by atoms with Gasteiger partial charge in [-0.05, 0) is 76.0 Å². The van der Waals surface area contributed by atoms with E-state index in [4.69, 9.17) is 5.21 Å². The minimum atomic E-state index is 0.685. The van der Waals surface area contributed by atoms with Crippen LogP contribution >= 0.6 is 0 Å². The average Bonchev–Trinajstić information content (AvgIpc) is 2.16. The smallest absolute Gasteiger partial charge is 0.0509 e. The Morgan fingerprint density at radius 3 is 1.13 bits per heavy atom. The quantitative estimate of drug-likeness (QED) is 0.368. The van der Waals surface area contributed by atoms with Crippen molar-refractivity contribution in [3.8, 4) is 0 Å². The molecule has 1 N–H and O–H groups in total. The standard InChI is InChI=1S/C10H16.C3H7NO/c1-7-2-9-4-8(1)5-10(3-7)6-9;1-3(2)4-5/h7-10H,1-6H2;5H,1-2H3. The van der Waals surface area contributed by atoms with Gasteiger partial charge in [-0.15, -0.1) is 0 Å². The molecule has 0 aromatic heterocycles. The molecule has 2 heteroatoms. The van der Waals surface area contributed by atoms with Gasteiger partial charge in [-0.25, -0.2) is 0 Å². The molecule has 0 aromatic carbocycles. The monoisotopic (exact) mass is 209 g/mol. The Morgan fingerprint density at radius 2 is 1.00 bits per heavy atom. The van der Waals surface area contributed by atoms with Crippen LogP contribution in [0.15, 0.2) is 5.16 Å². The van der Waals surface area contributed by atoms with Gasteiger partial charge < -0.3 is 5.21 Å². The number of hydrogen-bond donors (Lipinski definition) is 1. The van der Waals surface area contributed by atoms with Gasteiger partial charge in [0.15, 0.2) is 0 Å². The lowest BCUT2D eigenvalue weighted by Gasteiger charge is -2.49. The van der Waals surface area contributed by atoms with Crippen LogP contribution in [0.4, 0.5) is 0 Å². The second-order valence-corrected chi connectivity index (χ2v) is 5.93. The van der Waals surface area contributed by atoms with Crippen LogP contribution in [0.1, 0.15) is 52.4 Å². The van der Waals surface area contributed by atoms with Crippen molar-refractivity contribution in [1.82, 2.24) is 0 Å². The van der Waals surface area contributed by atoms with E-state index in [-0.39, 0.29) is 0 Å². The van der Waals surface area contributed by atoms with Crippen molar-refractivity contribution in [2.75, 3.05) is 0 Å². The fraction of sp³-hybridized carbons (Fsp3) is 0.923. The zero-order chi connectivity index (χ0) is 10.8. The lowest BCUT2D eigenvalue weighted by molar-refractivity contribution is 0.0198. The minimum Gasteiger partial charge on any atom is -0.411 e. The van der Waals surface area contributed by atoms with Crippen molar-refractivity contribution < 1.29 is 5.21 Å². The third-order valence-electron chi connectivity index (χ3n) is 4.20. The second kappa shape index (κ2) is 4.54. The van der Waals surface area contributed by atoms with E-state index in [1.807, 2.05) is 0 Å². The van der Waals surface area contributed by atoms with Gasteiger partial charge >= 0.3 is 0 Å². The third kappa shape index (κ3) is 2.73. The molecule has 0 atom stereocenters. The van der Waals surface area contributed by atoms with Crippen LogP contribution in [-0.2, 0) is 0 Å². The molecule has 0 aliphatic heterocycles. The molecule has 0 radical (unpaired) electrons. The van der Waals surface area contributed by atoms with E-state index < -0.39 is 0 Å². The summed E-state index contributed by atoms with van der Waals surface area (Å²) >= 11 is 0. The predicted octanol–water partition coefficient (Wildman–Crippen LogP) is 3.69. The van der Waals surface area contributed by atoms with Crippen molar-refractivity contribution in [2.24, 2.45) is 28.8 Å². The van der Waals surface area contributed by atoms with Crippen molar-refractivity contribution >= 4 is 5.71 Å². The van der Waals surface area contributed by atoms with Crippen molar-refractivity contribution in [1.29, 1.82) is 0 Å². The lowest BCUT2D eigenvalue weighted by atomic mass is 9.56. The molecule has 4 bridgehead atoms. The Balaban J connectivity index is 0.000000149. The topological polar surface area (TPSA) is 32.6 Å². The van der Waals surface area contributed by atoms with E-state index in [2.05, 4.69) is 5.16 Å². The van der Waals surface area contributed by atoms with Crippen LogP contribution in [0.3, 0.4) is 0 Å². The largest absolute Gasteiger partial charge is 0.411 e. The summed E-state index contributed by atoms with van der Waals surface area (Å²) in [6.07, 6.45) is 9.62. The molecular formula is C13H23NO. The van der Waals surface area contributed by atoms with Gasteiger partial charge in [-0.1, -0.05) is 5.16 Å². The van der Waals surface area contributed by atoms with Crippen LogP contribution in [0.5, 0.6) is 0 Å². The van der Waals surface area contributed by atoms with E-state index in [0.29, 0.717) is 5.71 Å². The zero-order valence-corrected chi connectivity index (χ0v) is 9.95. The molecule has 0 amide bonds. The third-order valence-corrected chi connectivity index (χ3v) is 4.20. The summed E-state index contributed by atoms with van der Waals surface area (Å²) in [5.74, 6) is 4.71. The Morgan fingerprint density at radius 1 is 0.800 bits per heavy atom. The van der Waals surface area contributed by atoms with Crippen LogP contribution in [0.2, 0.25) is 0 Å². The number of rotatable bonds is 0. The van der Waals surface area contributed by atoms with Crippen LogP contribution in [0, 0.1) is 23.7 Å². The maximum Gasteiger partial charge on any atom is 0.0509 e. The molecule has 0 saturated heterocycles. The first-order chi connectivity index (χ1) is 7.17. The molecule has 0 heterocycles. The summed E-state index contributed by atoms with van der Waals surface area (Å²) in [6, 6.07) is 0. The predicted molar refractivity (Wildman–Crippen MR) is 62.2 cm³/mol. The summed E-state index contributed by atoms with van der Waals surface area (Å²) in [7, 11) is 0.